The molecule has 0 aromatic rings. The number of unbranched alkanes of at least 4 members (excludes halogenated alkanes) is 4. The molecule has 0 aliphatic rings. The Balaban J connectivity index is 3.88. The zero-order chi connectivity index (χ0) is 11.9. The number of hydrogen-bond donors (Lipinski definition) is 0. The lowest BCUT2D eigenvalue weighted by atomic mass is 9.67. The summed E-state index contributed by atoms with van der Waals surface area (Å²) in [5.41, 5.74) is 0.548. The van der Waals surface area contributed by atoms with Crippen molar-refractivity contribution >= 4 is 0 Å². The molecule has 0 aliphatic heterocycles. The van der Waals surface area contributed by atoms with E-state index in [2.05, 4.69) is 41.5 Å². The van der Waals surface area contributed by atoms with Gasteiger partial charge in [0, 0.05) is 0 Å². The van der Waals surface area contributed by atoms with Gasteiger partial charge in [-0.1, -0.05) is 73.6 Å². The van der Waals surface area contributed by atoms with Crippen LogP contribution in [0.5, 0.6) is 0 Å². The average molecular weight is 212 g/mol. The lowest BCUT2D eigenvalue weighted by Gasteiger charge is -2.38. The molecule has 0 heteroatoms. The summed E-state index contributed by atoms with van der Waals surface area (Å²) in [6, 6.07) is 0. The molecule has 0 nitrogen and oxygen atoms in total. The molecule has 0 heterocycles. The summed E-state index contributed by atoms with van der Waals surface area (Å²) in [5, 5.41) is 0. The summed E-state index contributed by atoms with van der Waals surface area (Å²) in [7, 11) is 0. The first-order valence-electron chi connectivity index (χ1n) is 6.95. The van der Waals surface area contributed by atoms with Crippen LogP contribution in [-0.2, 0) is 0 Å². The third-order valence-electron chi connectivity index (χ3n) is 4.46. The summed E-state index contributed by atoms with van der Waals surface area (Å²) in [4.78, 5) is 0. The van der Waals surface area contributed by atoms with E-state index in [4.69, 9.17) is 0 Å². The van der Waals surface area contributed by atoms with E-state index in [-0.39, 0.29) is 0 Å². The Labute approximate surface area is 97.8 Å². The van der Waals surface area contributed by atoms with Crippen molar-refractivity contribution in [3.05, 3.63) is 0 Å². The maximum atomic E-state index is 2.47. The van der Waals surface area contributed by atoms with Crippen LogP contribution in [0.15, 0.2) is 0 Å². The van der Waals surface area contributed by atoms with Crippen molar-refractivity contribution < 1.29 is 0 Å². The molecule has 0 saturated heterocycles. The standard InChI is InChI=1S/C15H32/c1-7-8-9-10-11-12-15(6,13(2)3)14(4)5/h13-14H,7-12H2,1-6H3. The third-order valence-corrected chi connectivity index (χ3v) is 4.46. The van der Waals surface area contributed by atoms with Crippen LogP contribution >= 0.6 is 0 Å². The molecule has 0 aliphatic carbocycles. The van der Waals surface area contributed by atoms with E-state index < -0.39 is 0 Å². The molecule has 0 rings (SSSR count). The largest absolute Gasteiger partial charge is 0.0654 e. The molecule has 0 spiro atoms. The first kappa shape index (κ1) is 15.0. The van der Waals surface area contributed by atoms with Gasteiger partial charge in [0.15, 0.2) is 0 Å². The fraction of sp³-hybridized carbons (Fsp3) is 1.00. The van der Waals surface area contributed by atoms with Crippen LogP contribution in [-0.4, -0.2) is 0 Å². The third kappa shape index (κ3) is 5.04. The van der Waals surface area contributed by atoms with Gasteiger partial charge >= 0.3 is 0 Å². The number of hydrogen-bond acceptors (Lipinski definition) is 0. The van der Waals surface area contributed by atoms with Crippen LogP contribution in [0.1, 0.15) is 80.1 Å². The van der Waals surface area contributed by atoms with Gasteiger partial charge in [0.25, 0.3) is 0 Å². The summed E-state index contributed by atoms with van der Waals surface area (Å²) in [5.74, 6) is 1.62. The minimum atomic E-state index is 0.548. The first-order valence-corrected chi connectivity index (χ1v) is 6.95. The van der Waals surface area contributed by atoms with Crippen molar-refractivity contribution in [1.29, 1.82) is 0 Å². The first-order chi connectivity index (χ1) is 6.95. The summed E-state index contributed by atoms with van der Waals surface area (Å²) in [6.07, 6.45) is 8.47. The van der Waals surface area contributed by atoms with E-state index in [0.29, 0.717) is 5.41 Å². The predicted octanol–water partition coefficient (Wildman–Crippen LogP) is 5.67. The Morgan fingerprint density at radius 1 is 0.800 bits per heavy atom. The fourth-order valence-corrected chi connectivity index (χ4v) is 2.35. The van der Waals surface area contributed by atoms with Crippen molar-refractivity contribution in [2.75, 3.05) is 0 Å². The molecule has 92 valence electrons. The van der Waals surface area contributed by atoms with E-state index in [0.717, 1.165) is 11.8 Å². The van der Waals surface area contributed by atoms with Crippen LogP contribution in [0.3, 0.4) is 0 Å². The Morgan fingerprint density at radius 3 is 1.67 bits per heavy atom. The SMILES string of the molecule is CCCCCCCC(C)(C(C)C)C(C)C. The van der Waals surface area contributed by atoms with Crippen LogP contribution in [0, 0.1) is 17.3 Å². The van der Waals surface area contributed by atoms with Crippen molar-refractivity contribution in [3.8, 4) is 0 Å². The second kappa shape index (κ2) is 7.30. The summed E-state index contributed by atoms with van der Waals surface area (Å²) < 4.78 is 0. The highest BCUT2D eigenvalue weighted by atomic mass is 14.4. The molecule has 0 aromatic carbocycles. The van der Waals surface area contributed by atoms with Gasteiger partial charge in [-0.3, -0.25) is 0 Å². The molecule has 0 N–H and O–H groups in total. The lowest BCUT2D eigenvalue weighted by Crippen LogP contribution is -2.29. The second-order valence-corrected chi connectivity index (χ2v) is 5.98. The van der Waals surface area contributed by atoms with E-state index in [1.165, 1.54) is 38.5 Å². The topological polar surface area (TPSA) is 0 Å². The predicted molar refractivity (Wildman–Crippen MR) is 71.2 cm³/mol. The molecule has 0 radical (unpaired) electrons. The van der Waals surface area contributed by atoms with E-state index in [1.807, 2.05) is 0 Å². The maximum absolute atomic E-state index is 2.47. The highest BCUT2D eigenvalue weighted by molar-refractivity contribution is 4.80. The van der Waals surface area contributed by atoms with Gasteiger partial charge in [-0.25, -0.2) is 0 Å². The van der Waals surface area contributed by atoms with Crippen LogP contribution in [0.4, 0.5) is 0 Å². The zero-order valence-corrected chi connectivity index (χ0v) is 11.9. The van der Waals surface area contributed by atoms with E-state index >= 15 is 0 Å². The minimum Gasteiger partial charge on any atom is -0.0654 e. The molecular formula is C15H32. The summed E-state index contributed by atoms with van der Waals surface area (Å²) >= 11 is 0. The molecular weight excluding hydrogens is 180 g/mol. The van der Waals surface area contributed by atoms with Gasteiger partial charge in [-0.05, 0) is 23.7 Å². The second-order valence-electron chi connectivity index (χ2n) is 5.98. The van der Waals surface area contributed by atoms with E-state index in [9.17, 15) is 0 Å². The normalized spacial score (nSPS) is 12.8. The molecule has 0 aromatic heterocycles. The number of rotatable bonds is 8. The Bertz CT molecular complexity index is 136. The highest BCUT2D eigenvalue weighted by Gasteiger charge is 2.30. The molecule has 15 heavy (non-hydrogen) atoms. The van der Waals surface area contributed by atoms with Gasteiger partial charge < -0.3 is 0 Å². The molecule has 0 amide bonds. The van der Waals surface area contributed by atoms with Gasteiger partial charge in [-0.2, -0.15) is 0 Å². The fourth-order valence-electron chi connectivity index (χ4n) is 2.35. The van der Waals surface area contributed by atoms with Gasteiger partial charge in [0.05, 0.1) is 0 Å². The van der Waals surface area contributed by atoms with Crippen LogP contribution in [0.2, 0.25) is 0 Å². The molecule has 0 unspecified atom stereocenters. The van der Waals surface area contributed by atoms with Crippen molar-refractivity contribution in [2.24, 2.45) is 17.3 Å². The zero-order valence-electron chi connectivity index (χ0n) is 11.9. The van der Waals surface area contributed by atoms with Gasteiger partial charge in [0.2, 0.25) is 0 Å². The van der Waals surface area contributed by atoms with Crippen molar-refractivity contribution in [1.82, 2.24) is 0 Å². The van der Waals surface area contributed by atoms with Gasteiger partial charge in [0.1, 0.15) is 0 Å². The van der Waals surface area contributed by atoms with Crippen molar-refractivity contribution in [2.45, 2.75) is 80.1 Å². The average Bonchev–Trinajstić information content (AvgIpc) is 2.16. The molecule has 0 fully saturated rings. The molecule has 0 saturated carbocycles. The Hall–Kier alpha value is 0. The Morgan fingerprint density at radius 2 is 1.27 bits per heavy atom. The highest BCUT2D eigenvalue weighted by Crippen LogP contribution is 2.40. The van der Waals surface area contributed by atoms with Gasteiger partial charge in [-0.15, -0.1) is 0 Å². The summed E-state index contributed by atoms with van der Waals surface area (Å²) in [6.45, 7) is 14.3. The van der Waals surface area contributed by atoms with E-state index in [1.54, 1.807) is 0 Å². The van der Waals surface area contributed by atoms with Crippen LogP contribution < -0.4 is 0 Å². The maximum Gasteiger partial charge on any atom is -0.0280 e. The monoisotopic (exact) mass is 212 g/mol. The van der Waals surface area contributed by atoms with Crippen LogP contribution in [0.25, 0.3) is 0 Å². The smallest absolute Gasteiger partial charge is 0.0280 e. The minimum absolute atomic E-state index is 0.548. The van der Waals surface area contributed by atoms with Crippen molar-refractivity contribution in [3.63, 3.8) is 0 Å². The molecule has 0 bridgehead atoms. The quantitative estimate of drug-likeness (QED) is 0.455. The Kier molecular flexibility index (Phi) is 7.30. The lowest BCUT2D eigenvalue weighted by molar-refractivity contribution is 0.119. The molecule has 0 atom stereocenters.